The summed E-state index contributed by atoms with van der Waals surface area (Å²) >= 11 is 0. The van der Waals surface area contributed by atoms with Crippen molar-refractivity contribution in [2.24, 2.45) is 0 Å². The molecule has 0 bridgehead atoms. The highest BCUT2D eigenvalue weighted by Gasteiger charge is 2.15. The summed E-state index contributed by atoms with van der Waals surface area (Å²) in [6, 6.07) is 20.3. The fraction of sp³-hybridized carbons (Fsp3) is 0.105. The molecule has 0 spiro atoms. The van der Waals surface area contributed by atoms with E-state index in [1.165, 1.54) is 17.5 Å². The quantitative estimate of drug-likeness (QED) is 0.535. The highest BCUT2D eigenvalue weighted by Crippen LogP contribution is 2.22. The summed E-state index contributed by atoms with van der Waals surface area (Å²) < 4.78 is 0. The Kier molecular flexibility index (Phi) is 5.01. The minimum atomic E-state index is -0.505. The Balaban J connectivity index is 1.61. The lowest BCUT2D eigenvalue weighted by molar-refractivity contribution is -0.659. The van der Waals surface area contributed by atoms with Crippen molar-refractivity contribution in [3.8, 4) is 0 Å². The largest absolute Gasteiger partial charge is 0.335 e. The third kappa shape index (κ3) is 3.99. The molecule has 0 saturated carbocycles. The molecule has 0 aliphatic rings. The molecule has 6 heteroatoms. The molecule has 0 aliphatic heterocycles. The monoisotopic (exact) mass is 336 g/mol. The SMILES string of the molecule is O=C(C[NH2+]Cc1cccc2ccccc12)Nc1ccccc1[N+](=O)[O-]. The molecule has 0 radical (unpaired) electrons. The third-order valence-electron chi connectivity index (χ3n) is 3.95. The van der Waals surface area contributed by atoms with Crippen molar-refractivity contribution in [3.63, 3.8) is 0 Å². The minimum Gasteiger partial charge on any atom is -0.335 e. The van der Waals surface area contributed by atoms with Crippen LogP contribution < -0.4 is 10.6 Å². The topological polar surface area (TPSA) is 88.8 Å². The average Bonchev–Trinajstić information content (AvgIpc) is 2.62. The van der Waals surface area contributed by atoms with Crippen LogP contribution in [0.2, 0.25) is 0 Å². The van der Waals surface area contributed by atoms with Crippen LogP contribution in [0.15, 0.2) is 66.7 Å². The maximum Gasteiger partial charge on any atom is 0.292 e. The molecule has 3 N–H and O–H groups in total. The van der Waals surface area contributed by atoms with Gasteiger partial charge >= 0.3 is 0 Å². The molecule has 0 unspecified atom stereocenters. The summed E-state index contributed by atoms with van der Waals surface area (Å²) in [7, 11) is 0. The number of carbonyl (C=O) groups is 1. The predicted molar refractivity (Wildman–Crippen MR) is 96.2 cm³/mol. The van der Waals surface area contributed by atoms with Crippen molar-refractivity contribution in [1.82, 2.24) is 0 Å². The summed E-state index contributed by atoms with van der Waals surface area (Å²) in [4.78, 5) is 22.5. The number of carbonyl (C=O) groups excluding carboxylic acids is 1. The Morgan fingerprint density at radius 1 is 1.00 bits per heavy atom. The average molecular weight is 336 g/mol. The van der Waals surface area contributed by atoms with Crippen molar-refractivity contribution in [2.75, 3.05) is 11.9 Å². The molecule has 0 aliphatic carbocycles. The van der Waals surface area contributed by atoms with Crippen LogP contribution in [0.4, 0.5) is 11.4 Å². The second-order valence-corrected chi connectivity index (χ2v) is 5.66. The van der Waals surface area contributed by atoms with Crippen LogP contribution in [0.1, 0.15) is 5.56 Å². The zero-order chi connectivity index (χ0) is 17.6. The maximum absolute atomic E-state index is 12.1. The Hall–Kier alpha value is -3.25. The van der Waals surface area contributed by atoms with E-state index >= 15 is 0 Å². The maximum atomic E-state index is 12.1. The fourth-order valence-corrected chi connectivity index (χ4v) is 2.77. The molecule has 3 rings (SSSR count). The van der Waals surface area contributed by atoms with Crippen molar-refractivity contribution < 1.29 is 15.0 Å². The Labute approximate surface area is 144 Å². The van der Waals surface area contributed by atoms with Gasteiger partial charge in [-0.3, -0.25) is 14.9 Å². The summed E-state index contributed by atoms with van der Waals surface area (Å²) in [5.41, 5.74) is 1.26. The first kappa shape index (κ1) is 16.6. The number of nitrogens with one attached hydrogen (secondary N) is 1. The van der Waals surface area contributed by atoms with E-state index < -0.39 is 4.92 Å². The Bertz CT molecular complexity index is 919. The Morgan fingerprint density at radius 3 is 2.56 bits per heavy atom. The van der Waals surface area contributed by atoms with Gasteiger partial charge in [-0.1, -0.05) is 54.6 Å². The van der Waals surface area contributed by atoms with Gasteiger partial charge in [-0.25, -0.2) is 0 Å². The van der Waals surface area contributed by atoms with Crippen LogP contribution in [0.5, 0.6) is 0 Å². The summed E-state index contributed by atoms with van der Waals surface area (Å²) in [6.45, 7) is 0.848. The highest BCUT2D eigenvalue weighted by atomic mass is 16.6. The normalized spacial score (nSPS) is 10.6. The molecular formula is C19H18N3O3+. The van der Waals surface area contributed by atoms with Gasteiger partial charge in [0.05, 0.1) is 4.92 Å². The number of fused-ring (bicyclic) bond motifs is 1. The number of amides is 1. The highest BCUT2D eigenvalue weighted by molar-refractivity contribution is 5.93. The number of nitrogens with zero attached hydrogens (tertiary/aromatic N) is 1. The van der Waals surface area contributed by atoms with Gasteiger partial charge in [0, 0.05) is 11.6 Å². The number of quaternary nitrogens is 1. The molecule has 1 amide bonds. The van der Waals surface area contributed by atoms with Gasteiger partial charge in [0.2, 0.25) is 0 Å². The van der Waals surface area contributed by atoms with Crippen molar-refractivity contribution in [2.45, 2.75) is 6.54 Å². The molecule has 0 fully saturated rings. The zero-order valence-corrected chi connectivity index (χ0v) is 13.5. The number of rotatable bonds is 6. The van der Waals surface area contributed by atoms with Gasteiger partial charge in [-0.2, -0.15) is 0 Å². The predicted octanol–water partition coefficient (Wildman–Crippen LogP) is 2.45. The number of hydrogen-bond acceptors (Lipinski definition) is 3. The molecule has 3 aromatic carbocycles. The zero-order valence-electron chi connectivity index (χ0n) is 13.5. The van der Waals surface area contributed by atoms with Crippen molar-refractivity contribution in [3.05, 3.63) is 82.4 Å². The molecule has 0 atom stereocenters. The number of anilines is 1. The van der Waals surface area contributed by atoms with Gasteiger partial charge in [-0.05, 0) is 16.8 Å². The van der Waals surface area contributed by atoms with E-state index in [-0.39, 0.29) is 23.8 Å². The van der Waals surface area contributed by atoms with Crippen LogP contribution in [0.3, 0.4) is 0 Å². The number of nitro groups is 1. The van der Waals surface area contributed by atoms with E-state index in [4.69, 9.17) is 0 Å². The number of nitrogens with two attached hydrogens (primary N) is 1. The van der Waals surface area contributed by atoms with E-state index in [2.05, 4.69) is 23.5 Å². The lowest BCUT2D eigenvalue weighted by Gasteiger charge is -2.07. The lowest BCUT2D eigenvalue weighted by atomic mass is 10.0. The first-order chi connectivity index (χ1) is 12.1. The lowest BCUT2D eigenvalue weighted by Crippen LogP contribution is -2.84. The van der Waals surface area contributed by atoms with Crippen LogP contribution in [-0.2, 0) is 11.3 Å². The van der Waals surface area contributed by atoms with E-state index in [1.54, 1.807) is 12.1 Å². The van der Waals surface area contributed by atoms with E-state index in [0.29, 0.717) is 6.54 Å². The van der Waals surface area contributed by atoms with E-state index in [1.807, 2.05) is 29.6 Å². The van der Waals surface area contributed by atoms with Gasteiger partial charge in [0.1, 0.15) is 12.2 Å². The number of hydrogen-bond donors (Lipinski definition) is 2. The van der Waals surface area contributed by atoms with Gasteiger partial charge < -0.3 is 10.6 Å². The number of benzene rings is 3. The molecular weight excluding hydrogens is 318 g/mol. The van der Waals surface area contributed by atoms with Gasteiger partial charge in [-0.15, -0.1) is 0 Å². The number of para-hydroxylation sites is 2. The van der Waals surface area contributed by atoms with Crippen LogP contribution in [0.25, 0.3) is 10.8 Å². The van der Waals surface area contributed by atoms with E-state index in [9.17, 15) is 14.9 Å². The van der Waals surface area contributed by atoms with Gasteiger partial charge in [0.25, 0.3) is 11.6 Å². The molecule has 0 aromatic heterocycles. The van der Waals surface area contributed by atoms with Crippen LogP contribution >= 0.6 is 0 Å². The first-order valence-corrected chi connectivity index (χ1v) is 7.97. The van der Waals surface area contributed by atoms with Crippen molar-refractivity contribution in [1.29, 1.82) is 0 Å². The molecule has 3 aromatic rings. The summed E-state index contributed by atoms with van der Waals surface area (Å²) in [5.74, 6) is -0.269. The Morgan fingerprint density at radius 2 is 1.72 bits per heavy atom. The summed E-state index contributed by atoms with van der Waals surface area (Å²) in [5, 5.41) is 17.8. The molecule has 0 heterocycles. The molecule has 6 nitrogen and oxygen atoms in total. The molecule has 25 heavy (non-hydrogen) atoms. The third-order valence-corrected chi connectivity index (χ3v) is 3.95. The standard InChI is InChI=1S/C19H17N3O3/c23-19(21-17-10-3-4-11-18(17)22(24)25)13-20-12-15-8-5-7-14-6-1-2-9-16(14)15/h1-11,20H,12-13H2,(H,21,23)/p+1. The molecule has 0 saturated heterocycles. The van der Waals surface area contributed by atoms with E-state index in [0.717, 1.165) is 10.9 Å². The smallest absolute Gasteiger partial charge is 0.292 e. The second-order valence-electron chi connectivity index (χ2n) is 5.66. The van der Waals surface area contributed by atoms with Crippen LogP contribution in [0, 0.1) is 10.1 Å². The van der Waals surface area contributed by atoms with Crippen molar-refractivity contribution >= 4 is 28.1 Å². The molecule has 126 valence electrons. The summed E-state index contributed by atoms with van der Waals surface area (Å²) in [6.07, 6.45) is 0. The first-order valence-electron chi connectivity index (χ1n) is 7.97. The fourth-order valence-electron chi connectivity index (χ4n) is 2.77. The van der Waals surface area contributed by atoms with Crippen LogP contribution in [-0.4, -0.2) is 17.4 Å². The second kappa shape index (κ2) is 7.55. The number of nitro benzene ring substituents is 1. The minimum absolute atomic E-state index is 0.107. The van der Waals surface area contributed by atoms with Gasteiger partial charge in [0.15, 0.2) is 6.54 Å².